The lowest BCUT2D eigenvalue weighted by atomic mass is 9.96. The van der Waals surface area contributed by atoms with Crippen LogP contribution in [-0.2, 0) is 28.8 Å². The third-order valence-electron chi connectivity index (χ3n) is 13.4. The van der Waals surface area contributed by atoms with Gasteiger partial charge in [-0.15, -0.1) is 0 Å². The van der Waals surface area contributed by atoms with Crippen LogP contribution in [0.1, 0.15) is 70.8 Å². The lowest BCUT2D eigenvalue weighted by molar-refractivity contribution is -0.151. The predicted octanol–water partition coefficient (Wildman–Crippen LogP) is 5.39. The van der Waals surface area contributed by atoms with E-state index in [9.17, 15) is 0 Å². The van der Waals surface area contributed by atoms with E-state index in [2.05, 4.69) is 0 Å². The molecule has 75 heavy (non-hydrogen) atoms. The molecular weight excluding hydrogens is 943 g/mol. The smallest absolute Gasteiger partial charge is 0.243 e. The van der Waals surface area contributed by atoms with Crippen molar-refractivity contribution in [2.45, 2.75) is 37.4 Å². The molecule has 6 aromatic rings. The molecule has 390 valence electrons. The maximum atomic E-state index is 15.5. The molecule has 0 unspecified atom stereocenters. The van der Waals surface area contributed by atoms with Crippen LogP contribution in [0.5, 0.6) is 0 Å². The van der Waals surface area contributed by atoms with E-state index < -0.39 is 92.8 Å². The number of hydrogen-bond donors (Lipinski definition) is 3. The van der Waals surface area contributed by atoms with Crippen LogP contribution < -0.4 is 17.2 Å². The van der Waals surface area contributed by atoms with Crippen molar-refractivity contribution in [1.29, 1.82) is 0 Å². The largest absolute Gasteiger partial charge is 0.332 e. The summed E-state index contributed by atoms with van der Waals surface area (Å²) >= 11 is 0. The molecule has 0 spiro atoms. The van der Waals surface area contributed by atoms with Gasteiger partial charge in [-0.1, -0.05) is 182 Å². The van der Waals surface area contributed by atoms with E-state index in [1.54, 1.807) is 0 Å². The number of amides is 6. The first kappa shape index (κ1) is 54.8. The highest BCUT2D eigenvalue weighted by atomic mass is 16.2. The molecule has 15 nitrogen and oxygen atoms in total. The normalized spacial score (nSPS) is 15.1. The molecule has 6 aromatic carbocycles. The number of carbonyl (C=O) groups is 6. The minimum atomic E-state index is -0.819. The Kier molecular flexibility index (Phi) is 20.4. The van der Waals surface area contributed by atoms with Crippen LogP contribution in [-0.4, -0.2) is 143 Å². The third kappa shape index (κ3) is 14.6. The Hall–Kier alpha value is -7.98. The molecule has 1 saturated heterocycles. The average Bonchev–Trinajstić information content (AvgIpc) is 3.45. The number of nitrogens with two attached hydrogens (primary N) is 3. The fourth-order valence-electron chi connectivity index (χ4n) is 9.66. The van der Waals surface area contributed by atoms with Gasteiger partial charge < -0.3 is 46.6 Å². The Labute approximate surface area is 440 Å². The molecule has 1 aliphatic rings. The molecule has 6 N–H and O–H groups in total. The van der Waals surface area contributed by atoms with Gasteiger partial charge >= 0.3 is 0 Å². The first-order chi connectivity index (χ1) is 36.6. The second kappa shape index (κ2) is 27.9. The van der Waals surface area contributed by atoms with Crippen LogP contribution in [0.25, 0.3) is 0 Å². The van der Waals surface area contributed by atoms with E-state index in [1.807, 2.05) is 182 Å². The zero-order chi connectivity index (χ0) is 52.9. The Bertz CT molecular complexity index is 2340. The van der Waals surface area contributed by atoms with E-state index in [0.29, 0.717) is 52.6 Å². The van der Waals surface area contributed by atoms with Crippen molar-refractivity contribution in [3.8, 4) is 0 Å². The van der Waals surface area contributed by atoms with Gasteiger partial charge in [0, 0.05) is 19.6 Å². The zero-order valence-corrected chi connectivity index (χ0v) is 42.5. The van der Waals surface area contributed by atoms with Gasteiger partial charge in [0.05, 0.1) is 37.8 Å². The van der Waals surface area contributed by atoms with Crippen molar-refractivity contribution in [2.24, 2.45) is 17.2 Å². The van der Waals surface area contributed by atoms with E-state index in [-0.39, 0.29) is 39.3 Å². The summed E-state index contributed by atoms with van der Waals surface area (Å²) in [5.74, 6) is -3.27. The molecule has 0 bridgehead atoms. The molecule has 6 amide bonds. The molecule has 7 rings (SSSR count). The van der Waals surface area contributed by atoms with E-state index in [1.165, 1.54) is 29.4 Å². The second-order valence-corrected chi connectivity index (χ2v) is 18.6. The molecule has 0 aliphatic carbocycles. The SMILES string of the molecule is NCCCN1CC(=O)N(C(c2ccccc2)c2ccccc2)CC(=O)N(CCCN)CC(=O)N(C(c2ccccc2)c2ccccc2)CC(=O)N(CCCN)CC(=O)N(C(c2ccccc2)c2ccccc2)CC1=O. The van der Waals surface area contributed by atoms with Crippen LogP contribution in [0, 0.1) is 0 Å². The van der Waals surface area contributed by atoms with Crippen LogP contribution in [0.4, 0.5) is 0 Å². The molecule has 0 atom stereocenters. The number of rotatable bonds is 18. The number of hydrogen-bond acceptors (Lipinski definition) is 9. The Balaban J connectivity index is 1.43. The maximum Gasteiger partial charge on any atom is 0.243 e. The fourth-order valence-corrected chi connectivity index (χ4v) is 9.66. The average molecular weight is 1010 g/mol. The highest BCUT2D eigenvalue weighted by Crippen LogP contribution is 2.33. The summed E-state index contributed by atoms with van der Waals surface area (Å²) < 4.78 is 0. The summed E-state index contributed by atoms with van der Waals surface area (Å²) in [7, 11) is 0. The third-order valence-corrected chi connectivity index (χ3v) is 13.4. The monoisotopic (exact) mass is 1010 g/mol. The van der Waals surface area contributed by atoms with Crippen LogP contribution in [0.3, 0.4) is 0 Å². The lowest BCUT2D eigenvalue weighted by Gasteiger charge is -2.39. The summed E-state index contributed by atoms with van der Waals surface area (Å²) in [5.41, 5.74) is 22.5. The Morgan fingerprint density at radius 1 is 0.280 bits per heavy atom. The summed E-state index contributed by atoms with van der Waals surface area (Å²) in [6.45, 7) is -2.13. The summed E-state index contributed by atoms with van der Waals surface area (Å²) in [5, 5.41) is 0. The fraction of sp³-hybridized carbons (Fsp3) is 0.300. The van der Waals surface area contributed by atoms with Crippen LogP contribution in [0.2, 0.25) is 0 Å². The molecule has 0 saturated carbocycles. The van der Waals surface area contributed by atoms with Gasteiger partial charge in [-0.05, 0) is 72.3 Å². The van der Waals surface area contributed by atoms with Crippen LogP contribution in [0.15, 0.2) is 182 Å². The molecule has 0 radical (unpaired) electrons. The van der Waals surface area contributed by atoms with Crippen molar-refractivity contribution in [1.82, 2.24) is 29.4 Å². The van der Waals surface area contributed by atoms with Crippen molar-refractivity contribution < 1.29 is 28.8 Å². The van der Waals surface area contributed by atoms with Crippen molar-refractivity contribution in [3.05, 3.63) is 215 Å². The first-order valence-electron chi connectivity index (χ1n) is 25.7. The number of nitrogens with zero attached hydrogens (tertiary/aromatic N) is 6. The van der Waals surface area contributed by atoms with Gasteiger partial charge in [0.2, 0.25) is 35.4 Å². The van der Waals surface area contributed by atoms with Crippen molar-refractivity contribution >= 4 is 35.4 Å². The standard InChI is InChI=1S/C60H69N9O6/c61-34-19-37-64-40-55(73)67(58(46-22-7-1-8-23-46)47-24-9-2-10-25-47)43-52(70)65(38-20-35-62)41-56(74)69(60(50-30-15-5-16-31-50)51-32-17-6-18-33-51)45-54(72)66(39-21-36-63)42-57(75)68(44-53(64)71)59(48-26-11-3-12-27-48)49-28-13-4-14-29-49/h1-18,22-33,58-60H,19-21,34-45,61-63H2. The van der Waals surface area contributed by atoms with E-state index in [0.717, 1.165) is 0 Å². The van der Waals surface area contributed by atoms with Crippen molar-refractivity contribution in [2.75, 3.05) is 78.5 Å². The Morgan fingerprint density at radius 2 is 0.467 bits per heavy atom. The molecule has 0 aromatic heterocycles. The molecular formula is C60H69N9O6. The highest BCUT2D eigenvalue weighted by molar-refractivity contribution is 5.94. The summed E-state index contributed by atoms with van der Waals surface area (Å²) in [4.78, 5) is 101. The van der Waals surface area contributed by atoms with Crippen LogP contribution >= 0.6 is 0 Å². The van der Waals surface area contributed by atoms with E-state index in [4.69, 9.17) is 17.2 Å². The van der Waals surface area contributed by atoms with Gasteiger partial charge in [-0.25, -0.2) is 0 Å². The quantitative estimate of drug-likeness (QED) is 0.101. The van der Waals surface area contributed by atoms with Gasteiger partial charge in [0.1, 0.15) is 19.6 Å². The van der Waals surface area contributed by atoms with Gasteiger partial charge in [0.25, 0.3) is 0 Å². The number of carbonyl (C=O) groups excluding carboxylic acids is 6. The minimum absolute atomic E-state index is 0.0612. The molecule has 1 fully saturated rings. The second-order valence-electron chi connectivity index (χ2n) is 18.6. The summed E-state index contributed by atoms with van der Waals surface area (Å²) in [6.07, 6.45) is 0.980. The predicted molar refractivity (Wildman–Crippen MR) is 290 cm³/mol. The first-order valence-corrected chi connectivity index (χ1v) is 25.7. The van der Waals surface area contributed by atoms with Gasteiger partial charge in [0.15, 0.2) is 0 Å². The Morgan fingerprint density at radius 3 is 0.640 bits per heavy atom. The van der Waals surface area contributed by atoms with Crippen molar-refractivity contribution in [3.63, 3.8) is 0 Å². The lowest BCUT2D eigenvalue weighted by Crippen LogP contribution is -2.55. The zero-order valence-electron chi connectivity index (χ0n) is 42.5. The molecule has 1 heterocycles. The maximum absolute atomic E-state index is 15.5. The topological polar surface area (TPSA) is 200 Å². The number of benzene rings is 6. The summed E-state index contributed by atoms with van der Waals surface area (Å²) in [6, 6.07) is 53.5. The molecule has 1 aliphatic heterocycles. The van der Waals surface area contributed by atoms with Gasteiger partial charge in [-0.2, -0.15) is 0 Å². The molecule has 15 heteroatoms. The minimum Gasteiger partial charge on any atom is -0.332 e. The van der Waals surface area contributed by atoms with Gasteiger partial charge in [-0.3, -0.25) is 28.8 Å². The highest BCUT2D eigenvalue weighted by Gasteiger charge is 2.38. The van der Waals surface area contributed by atoms with E-state index >= 15 is 28.8 Å².